The third kappa shape index (κ3) is 20.1. The second kappa shape index (κ2) is 31.4. The topological polar surface area (TPSA) is 228 Å². The summed E-state index contributed by atoms with van der Waals surface area (Å²) in [6, 6.07) is -0.921. The second-order valence-electron chi connectivity index (χ2n) is 15.8. The highest BCUT2D eigenvalue weighted by Crippen LogP contribution is 2.30. The van der Waals surface area contributed by atoms with Gasteiger partial charge >= 0.3 is 0 Å². The largest absolute Gasteiger partial charge is 0.394 e. The zero-order valence-corrected chi connectivity index (χ0v) is 34.8. The molecule has 2 saturated heterocycles. The molecular weight excluding hydrogens is 738 g/mol. The van der Waals surface area contributed by atoms with E-state index in [-0.39, 0.29) is 18.9 Å². The lowest BCUT2D eigenvalue weighted by Gasteiger charge is -2.46. The molecule has 14 nitrogen and oxygen atoms in total. The van der Waals surface area contributed by atoms with Crippen molar-refractivity contribution < 1.29 is 64.6 Å². The highest BCUT2D eigenvalue weighted by atomic mass is 16.7. The molecule has 0 radical (unpaired) electrons. The van der Waals surface area contributed by atoms with E-state index in [1.54, 1.807) is 6.08 Å². The molecule has 12 atom stereocenters. The number of amides is 1. The Hall–Kier alpha value is -1.53. The summed E-state index contributed by atoms with van der Waals surface area (Å²) in [7, 11) is 0. The fourth-order valence-corrected chi connectivity index (χ4v) is 7.16. The van der Waals surface area contributed by atoms with E-state index in [2.05, 4.69) is 24.4 Å². The minimum atomic E-state index is -1.79. The summed E-state index contributed by atoms with van der Waals surface area (Å²) in [5.74, 6) is -0.286. The molecule has 2 aliphatic rings. The fraction of sp³-hybridized carbons (Fsp3) is 0.884. The zero-order chi connectivity index (χ0) is 41.8. The van der Waals surface area contributed by atoms with Gasteiger partial charge in [0.25, 0.3) is 0 Å². The minimum absolute atomic E-state index is 0.248. The number of hydrogen-bond donors (Lipinski definition) is 9. The van der Waals surface area contributed by atoms with Crippen LogP contribution in [0.1, 0.15) is 149 Å². The van der Waals surface area contributed by atoms with Gasteiger partial charge in [-0.25, -0.2) is 0 Å². The number of carbonyl (C=O) groups excluding carboxylic acids is 1. The third-order valence-corrected chi connectivity index (χ3v) is 10.9. The van der Waals surface area contributed by atoms with Gasteiger partial charge in [-0.3, -0.25) is 4.79 Å². The molecule has 57 heavy (non-hydrogen) atoms. The Morgan fingerprint density at radius 2 is 1.12 bits per heavy atom. The molecule has 2 rings (SSSR count). The summed E-state index contributed by atoms with van der Waals surface area (Å²) in [5.41, 5.74) is 0. The first kappa shape index (κ1) is 51.6. The highest BCUT2D eigenvalue weighted by Gasteiger charge is 2.50. The van der Waals surface area contributed by atoms with Crippen LogP contribution in [0.4, 0.5) is 0 Å². The average Bonchev–Trinajstić information content (AvgIpc) is 3.21. The van der Waals surface area contributed by atoms with Crippen LogP contribution in [0.25, 0.3) is 0 Å². The van der Waals surface area contributed by atoms with Crippen LogP contribution in [-0.2, 0) is 23.7 Å². The molecule has 2 aliphatic heterocycles. The molecule has 14 heteroatoms. The number of aliphatic hydroxyl groups excluding tert-OH is 8. The predicted molar refractivity (Wildman–Crippen MR) is 217 cm³/mol. The summed E-state index contributed by atoms with van der Waals surface area (Å²) in [6.07, 6.45) is 15.2. The van der Waals surface area contributed by atoms with E-state index in [0.29, 0.717) is 12.8 Å². The average molecular weight is 818 g/mol. The molecule has 0 aromatic heterocycles. The molecule has 0 spiro atoms. The van der Waals surface area contributed by atoms with Crippen molar-refractivity contribution in [1.29, 1.82) is 0 Å². The van der Waals surface area contributed by atoms with Gasteiger partial charge in [0.1, 0.15) is 48.8 Å². The van der Waals surface area contributed by atoms with Crippen molar-refractivity contribution in [2.45, 2.75) is 222 Å². The Bertz CT molecular complexity index is 1060. The van der Waals surface area contributed by atoms with Crippen LogP contribution >= 0.6 is 0 Å². The van der Waals surface area contributed by atoms with Gasteiger partial charge in [-0.05, 0) is 32.1 Å². The van der Waals surface area contributed by atoms with Crippen molar-refractivity contribution in [2.24, 2.45) is 0 Å². The fourth-order valence-electron chi connectivity index (χ4n) is 7.16. The summed E-state index contributed by atoms with van der Waals surface area (Å²) >= 11 is 0. The van der Waals surface area contributed by atoms with Crippen molar-refractivity contribution in [3.05, 3.63) is 24.3 Å². The molecule has 0 aliphatic carbocycles. The molecule has 2 heterocycles. The molecule has 1 amide bonds. The molecule has 9 N–H and O–H groups in total. The van der Waals surface area contributed by atoms with Gasteiger partial charge in [0.15, 0.2) is 12.6 Å². The summed E-state index contributed by atoms with van der Waals surface area (Å²) in [4.78, 5) is 12.6. The number of aliphatic hydroxyl groups is 8. The van der Waals surface area contributed by atoms with Crippen LogP contribution in [0, 0.1) is 0 Å². The lowest BCUT2D eigenvalue weighted by molar-refractivity contribution is -0.359. The summed E-state index contributed by atoms with van der Waals surface area (Å²) < 4.78 is 22.4. The van der Waals surface area contributed by atoms with Crippen LogP contribution in [0.5, 0.6) is 0 Å². The molecule has 2 fully saturated rings. The lowest BCUT2D eigenvalue weighted by Crippen LogP contribution is -2.65. The van der Waals surface area contributed by atoms with Crippen LogP contribution in [0.2, 0.25) is 0 Å². The van der Waals surface area contributed by atoms with E-state index in [9.17, 15) is 45.6 Å². The Morgan fingerprint density at radius 3 is 1.70 bits per heavy atom. The van der Waals surface area contributed by atoms with E-state index in [1.165, 1.54) is 96.3 Å². The van der Waals surface area contributed by atoms with Crippen LogP contribution in [0.15, 0.2) is 24.3 Å². The number of ether oxygens (including phenoxy) is 4. The number of hydrogen-bond acceptors (Lipinski definition) is 13. The number of rotatable bonds is 32. The van der Waals surface area contributed by atoms with Gasteiger partial charge in [0.2, 0.25) is 5.91 Å². The normalized spacial score (nSPS) is 29.3. The van der Waals surface area contributed by atoms with Gasteiger partial charge < -0.3 is 65.1 Å². The van der Waals surface area contributed by atoms with Crippen molar-refractivity contribution in [3.8, 4) is 0 Å². The zero-order valence-electron chi connectivity index (χ0n) is 34.8. The maximum atomic E-state index is 12.6. The highest BCUT2D eigenvalue weighted by molar-refractivity contribution is 5.76. The van der Waals surface area contributed by atoms with Crippen molar-refractivity contribution in [3.63, 3.8) is 0 Å². The van der Waals surface area contributed by atoms with Crippen molar-refractivity contribution in [2.75, 3.05) is 19.8 Å². The van der Waals surface area contributed by atoms with Gasteiger partial charge in [0.05, 0.1) is 32.0 Å². The number of allylic oxidation sites excluding steroid dienone is 3. The van der Waals surface area contributed by atoms with Crippen molar-refractivity contribution >= 4 is 5.91 Å². The molecule has 0 aromatic carbocycles. The first-order valence-corrected chi connectivity index (χ1v) is 22.1. The van der Waals surface area contributed by atoms with Gasteiger partial charge in [-0.1, -0.05) is 134 Å². The van der Waals surface area contributed by atoms with E-state index in [0.717, 1.165) is 19.3 Å². The van der Waals surface area contributed by atoms with E-state index in [1.807, 2.05) is 13.0 Å². The SMILES string of the molecule is CCCCCCCCCCCCCCCCC/C=C/CC/C=C/C(O)C(COC1OC(CO)C(OC2OC(CO)C(O)C(O)C2O)C(O)C1O)NC(=O)CCCC. The number of carbonyl (C=O) groups is 1. The molecule has 12 unspecified atom stereocenters. The summed E-state index contributed by atoms with van der Waals surface area (Å²) in [5, 5.41) is 85.6. The van der Waals surface area contributed by atoms with Crippen LogP contribution in [-0.4, -0.2) is 140 Å². The Morgan fingerprint density at radius 1 is 0.614 bits per heavy atom. The number of unbranched alkanes of at least 4 members (excludes halogenated alkanes) is 17. The quantitative estimate of drug-likeness (QED) is 0.0348. The van der Waals surface area contributed by atoms with Gasteiger partial charge in [-0.2, -0.15) is 0 Å². The molecule has 0 aromatic rings. The van der Waals surface area contributed by atoms with Crippen molar-refractivity contribution in [1.82, 2.24) is 5.32 Å². The first-order valence-electron chi connectivity index (χ1n) is 22.1. The molecular formula is C43H79NO13. The van der Waals surface area contributed by atoms with Gasteiger partial charge in [-0.15, -0.1) is 0 Å². The van der Waals surface area contributed by atoms with Gasteiger partial charge in [0, 0.05) is 6.42 Å². The Kier molecular flexibility index (Phi) is 28.4. The van der Waals surface area contributed by atoms with Crippen LogP contribution in [0.3, 0.4) is 0 Å². The first-order chi connectivity index (χ1) is 27.6. The van der Waals surface area contributed by atoms with E-state index < -0.39 is 86.8 Å². The Labute approximate surface area is 341 Å². The van der Waals surface area contributed by atoms with E-state index >= 15 is 0 Å². The molecule has 0 saturated carbocycles. The second-order valence-corrected chi connectivity index (χ2v) is 15.8. The van der Waals surface area contributed by atoms with E-state index in [4.69, 9.17) is 18.9 Å². The smallest absolute Gasteiger partial charge is 0.220 e. The monoisotopic (exact) mass is 818 g/mol. The minimum Gasteiger partial charge on any atom is -0.394 e. The standard InChI is InChI=1S/C43H79NO13/c1-3-5-7-8-9-10-11-12-13-14-15-16-17-18-19-20-21-22-23-24-25-26-32(47)31(44-35(48)27-6-4-2)30-54-42-40(53)38(51)41(34(29-46)56-42)57-43-39(52)37(50)36(49)33(28-45)55-43/h21-22,25-26,31-34,36-43,45-47,49-53H,3-20,23-24,27-30H2,1-2H3,(H,44,48)/b22-21+,26-25+. The van der Waals surface area contributed by atoms with Crippen LogP contribution < -0.4 is 5.32 Å². The number of nitrogens with one attached hydrogen (secondary N) is 1. The lowest BCUT2D eigenvalue weighted by atomic mass is 9.97. The Balaban J connectivity index is 1.74. The molecule has 334 valence electrons. The maximum absolute atomic E-state index is 12.6. The molecule has 0 bridgehead atoms. The predicted octanol–water partition coefficient (Wildman–Crippen LogP) is 3.82. The summed E-state index contributed by atoms with van der Waals surface area (Å²) in [6.45, 7) is 2.49. The maximum Gasteiger partial charge on any atom is 0.220 e. The third-order valence-electron chi connectivity index (χ3n) is 10.9.